The summed E-state index contributed by atoms with van der Waals surface area (Å²) >= 11 is 5.67. The molecule has 5 nitrogen and oxygen atoms in total. The average Bonchev–Trinajstić information content (AvgIpc) is 2.55. The molecule has 0 saturated heterocycles. The molecule has 2 aromatic rings. The molecule has 2 rings (SSSR count). The zero-order valence-corrected chi connectivity index (χ0v) is 15.4. The van der Waals surface area contributed by atoms with Gasteiger partial charge in [0, 0.05) is 12.2 Å². The summed E-state index contributed by atoms with van der Waals surface area (Å²) in [6.45, 7) is 6.55. The summed E-state index contributed by atoms with van der Waals surface area (Å²) in [7, 11) is 1.47. The molecule has 0 aliphatic heterocycles. The fourth-order valence-corrected chi connectivity index (χ4v) is 2.11. The lowest BCUT2D eigenvalue weighted by molar-refractivity contribution is 0.0931. The van der Waals surface area contributed by atoms with E-state index in [1.807, 2.05) is 20.8 Å². The van der Waals surface area contributed by atoms with Crippen LogP contribution in [-0.4, -0.2) is 24.5 Å². The molecule has 0 radical (unpaired) electrons. The van der Waals surface area contributed by atoms with Gasteiger partial charge in [0.05, 0.1) is 12.1 Å². The van der Waals surface area contributed by atoms with Crippen LogP contribution in [0.5, 0.6) is 5.75 Å². The number of rotatable bonds is 5. The highest BCUT2D eigenvalue weighted by Crippen LogP contribution is 2.24. The number of carbonyl (C=O) groups is 1. The van der Waals surface area contributed by atoms with E-state index in [1.54, 1.807) is 18.2 Å². The highest BCUT2D eigenvalue weighted by Gasteiger charge is 2.18. The molecule has 0 saturated carbocycles. The summed E-state index contributed by atoms with van der Waals surface area (Å²) < 4.78 is 18.8. The third-order valence-electron chi connectivity index (χ3n) is 3.26. The Labute approximate surface area is 151 Å². The molecule has 0 spiro atoms. The lowest BCUT2D eigenvalue weighted by atomic mass is 9.97. The van der Waals surface area contributed by atoms with Crippen molar-refractivity contribution in [2.24, 2.45) is 5.41 Å². The first-order chi connectivity index (χ1) is 11.7. The molecule has 0 atom stereocenters. The minimum atomic E-state index is -0.539. The Balaban J connectivity index is 2.23. The van der Waals surface area contributed by atoms with Gasteiger partial charge in [0.15, 0.2) is 5.69 Å². The molecular formula is C18H21ClFN3O2. The van der Waals surface area contributed by atoms with Gasteiger partial charge >= 0.3 is 0 Å². The normalized spacial score (nSPS) is 11.1. The van der Waals surface area contributed by atoms with E-state index in [2.05, 4.69) is 15.6 Å². The largest absolute Gasteiger partial charge is 0.494 e. The van der Waals surface area contributed by atoms with Crippen LogP contribution in [0.3, 0.4) is 0 Å². The van der Waals surface area contributed by atoms with E-state index in [0.29, 0.717) is 23.8 Å². The van der Waals surface area contributed by atoms with Gasteiger partial charge in [-0.15, -0.1) is 0 Å². The molecule has 1 amide bonds. The molecule has 1 heterocycles. The maximum absolute atomic E-state index is 13.5. The number of carbonyl (C=O) groups excluding carboxylic acids is 1. The number of methoxy groups -OCH3 is 1. The molecule has 25 heavy (non-hydrogen) atoms. The Bertz CT molecular complexity index is 775. The van der Waals surface area contributed by atoms with Crippen molar-refractivity contribution in [2.75, 3.05) is 19.0 Å². The number of nitrogens with zero attached hydrogens (tertiary/aromatic N) is 1. The Morgan fingerprint density at radius 3 is 2.60 bits per heavy atom. The fourth-order valence-electron chi connectivity index (χ4n) is 1.99. The van der Waals surface area contributed by atoms with Crippen LogP contribution in [0, 0.1) is 11.2 Å². The van der Waals surface area contributed by atoms with Crippen LogP contribution in [0.2, 0.25) is 5.02 Å². The van der Waals surface area contributed by atoms with E-state index in [-0.39, 0.29) is 22.0 Å². The number of nitrogens with one attached hydrogen (secondary N) is 2. The lowest BCUT2D eigenvalue weighted by Crippen LogP contribution is -2.33. The zero-order valence-electron chi connectivity index (χ0n) is 14.6. The van der Waals surface area contributed by atoms with Gasteiger partial charge in [-0.25, -0.2) is 9.37 Å². The summed E-state index contributed by atoms with van der Waals surface area (Å²) in [5.74, 6) is -0.122. The smallest absolute Gasteiger partial charge is 0.273 e. The molecule has 0 fully saturated rings. The number of hydrogen-bond acceptors (Lipinski definition) is 4. The zero-order chi connectivity index (χ0) is 18.6. The quantitative estimate of drug-likeness (QED) is 0.824. The van der Waals surface area contributed by atoms with E-state index in [4.69, 9.17) is 16.3 Å². The molecular weight excluding hydrogens is 345 g/mol. The van der Waals surface area contributed by atoms with Crippen molar-refractivity contribution in [3.8, 4) is 5.75 Å². The second-order valence-corrected chi connectivity index (χ2v) is 7.15. The van der Waals surface area contributed by atoms with E-state index in [0.717, 1.165) is 0 Å². The average molecular weight is 366 g/mol. The van der Waals surface area contributed by atoms with Gasteiger partial charge < -0.3 is 15.4 Å². The number of ether oxygens (including phenoxy) is 1. The molecule has 134 valence electrons. The highest BCUT2D eigenvalue weighted by atomic mass is 35.5. The second-order valence-electron chi connectivity index (χ2n) is 6.74. The van der Waals surface area contributed by atoms with Crippen LogP contribution < -0.4 is 15.4 Å². The molecule has 0 aliphatic rings. The van der Waals surface area contributed by atoms with Crippen molar-refractivity contribution in [1.29, 1.82) is 0 Å². The number of halogens is 2. The molecule has 1 aromatic carbocycles. The first-order valence-corrected chi connectivity index (χ1v) is 8.13. The van der Waals surface area contributed by atoms with Crippen molar-refractivity contribution >= 4 is 29.0 Å². The van der Waals surface area contributed by atoms with E-state index in [1.165, 1.54) is 19.2 Å². The number of hydrogen-bond donors (Lipinski definition) is 2. The van der Waals surface area contributed by atoms with Crippen molar-refractivity contribution < 1.29 is 13.9 Å². The summed E-state index contributed by atoms with van der Waals surface area (Å²) in [4.78, 5) is 16.7. The first-order valence-electron chi connectivity index (χ1n) is 7.75. The van der Waals surface area contributed by atoms with Gasteiger partial charge in [0.2, 0.25) is 0 Å². The van der Waals surface area contributed by atoms with Crippen LogP contribution in [0.1, 0.15) is 31.3 Å². The van der Waals surface area contributed by atoms with Crippen LogP contribution in [0.15, 0.2) is 30.3 Å². The van der Waals surface area contributed by atoms with Crippen molar-refractivity contribution in [1.82, 2.24) is 10.3 Å². The first kappa shape index (κ1) is 19.0. The molecule has 1 aromatic heterocycles. The number of aromatic nitrogens is 1. The molecule has 2 N–H and O–H groups in total. The predicted molar refractivity (Wildman–Crippen MR) is 97.3 cm³/mol. The molecule has 0 aliphatic carbocycles. The lowest BCUT2D eigenvalue weighted by Gasteiger charge is -2.19. The summed E-state index contributed by atoms with van der Waals surface area (Å²) in [6, 6.07) is 7.60. The maximum Gasteiger partial charge on any atom is 0.273 e. The Morgan fingerprint density at radius 2 is 2.00 bits per heavy atom. The third-order valence-corrected chi connectivity index (χ3v) is 3.57. The standard InChI is InChI=1S/C18H21ClFN3O2/c1-18(2,3)10-21-17(24)16-14(25-4)7-8-15(23-16)22-11-5-6-12(19)13(20)9-11/h5-9H,10H2,1-4H3,(H,21,24)(H,22,23). The van der Waals surface area contributed by atoms with Gasteiger partial charge in [0.25, 0.3) is 5.91 Å². The molecule has 0 bridgehead atoms. The van der Waals surface area contributed by atoms with Gasteiger partial charge in [-0.1, -0.05) is 32.4 Å². The number of pyridine rings is 1. The Morgan fingerprint density at radius 1 is 1.28 bits per heavy atom. The van der Waals surface area contributed by atoms with E-state index < -0.39 is 5.82 Å². The number of benzene rings is 1. The van der Waals surface area contributed by atoms with E-state index in [9.17, 15) is 9.18 Å². The van der Waals surface area contributed by atoms with Crippen LogP contribution in [0.4, 0.5) is 15.9 Å². The summed E-state index contributed by atoms with van der Waals surface area (Å²) in [6.07, 6.45) is 0. The SMILES string of the molecule is COc1ccc(Nc2ccc(Cl)c(F)c2)nc1C(=O)NCC(C)(C)C. The highest BCUT2D eigenvalue weighted by molar-refractivity contribution is 6.30. The Hall–Kier alpha value is -2.34. The molecule has 0 unspecified atom stereocenters. The monoisotopic (exact) mass is 365 g/mol. The maximum atomic E-state index is 13.5. The minimum absolute atomic E-state index is 0.0375. The van der Waals surface area contributed by atoms with Gasteiger partial charge in [0.1, 0.15) is 17.4 Å². The minimum Gasteiger partial charge on any atom is -0.494 e. The summed E-state index contributed by atoms with van der Waals surface area (Å²) in [5, 5.41) is 5.82. The fraction of sp³-hybridized carbons (Fsp3) is 0.333. The predicted octanol–water partition coefficient (Wildman–Crippen LogP) is 4.40. The number of amides is 1. The van der Waals surface area contributed by atoms with Crippen LogP contribution >= 0.6 is 11.6 Å². The summed E-state index contributed by atoms with van der Waals surface area (Å²) in [5.41, 5.74) is 0.575. The van der Waals surface area contributed by atoms with Gasteiger partial charge in [-0.3, -0.25) is 4.79 Å². The van der Waals surface area contributed by atoms with Crippen LogP contribution in [-0.2, 0) is 0 Å². The van der Waals surface area contributed by atoms with E-state index >= 15 is 0 Å². The topological polar surface area (TPSA) is 63.2 Å². The van der Waals surface area contributed by atoms with Crippen molar-refractivity contribution in [2.45, 2.75) is 20.8 Å². The van der Waals surface area contributed by atoms with Crippen molar-refractivity contribution in [3.05, 3.63) is 46.9 Å². The van der Waals surface area contributed by atoms with Gasteiger partial charge in [-0.2, -0.15) is 0 Å². The second kappa shape index (κ2) is 7.70. The van der Waals surface area contributed by atoms with Crippen molar-refractivity contribution in [3.63, 3.8) is 0 Å². The third kappa shape index (κ3) is 5.32. The van der Waals surface area contributed by atoms with Crippen LogP contribution in [0.25, 0.3) is 0 Å². The number of anilines is 2. The van der Waals surface area contributed by atoms with Gasteiger partial charge in [-0.05, 0) is 35.7 Å². The Kier molecular flexibility index (Phi) is 5.85. The molecule has 7 heteroatoms.